The van der Waals surface area contributed by atoms with Gasteiger partial charge in [-0.3, -0.25) is 14.5 Å². The van der Waals surface area contributed by atoms with E-state index in [9.17, 15) is 14.0 Å². The van der Waals surface area contributed by atoms with Crippen LogP contribution >= 0.6 is 0 Å². The van der Waals surface area contributed by atoms with Gasteiger partial charge in [-0.05, 0) is 60.6 Å². The van der Waals surface area contributed by atoms with Gasteiger partial charge >= 0.3 is 0 Å². The number of ether oxygens (including phenoxy) is 1. The summed E-state index contributed by atoms with van der Waals surface area (Å²) in [6.45, 7) is 3.21. The van der Waals surface area contributed by atoms with Gasteiger partial charge in [0.15, 0.2) is 5.78 Å². The van der Waals surface area contributed by atoms with Crippen LogP contribution in [0.5, 0.6) is 0 Å². The zero-order valence-electron chi connectivity index (χ0n) is 18.4. The highest BCUT2D eigenvalue weighted by Crippen LogP contribution is 2.24. The van der Waals surface area contributed by atoms with Crippen LogP contribution < -0.4 is 5.32 Å². The summed E-state index contributed by atoms with van der Waals surface area (Å²) in [6, 6.07) is 12.3. The molecule has 0 saturated carbocycles. The number of ketones is 1. The van der Waals surface area contributed by atoms with E-state index in [0.29, 0.717) is 25.3 Å². The van der Waals surface area contributed by atoms with Crippen LogP contribution in [0.15, 0.2) is 42.5 Å². The van der Waals surface area contributed by atoms with E-state index in [2.05, 4.69) is 16.3 Å². The molecule has 6 heteroatoms. The Balaban J connectivity index is 1.32. The van der Waals surface area contributed by atoms with E-state index in [4.69, 9.17) is 4.74 Å². The number of morpholine rings is 1. The first-order chi connectivity index (χ1) is 15.6. The molecule has 0 radical (unpaired) electrons. The highest BCUT2D eigenvalue weighted by molar-refractivity contribution is 5.98. The molecule has 170 valence electrons. The fourth-order valence-corrected chi connectivity index (χ4v) is 4.61. The summed E-state index contributed by atoms with van der Waals surface area (Å²) < 4.78 is 18.8. The molecule has 32 heavy (non-hydrogen) atoms. The molecule has 1 fully saturated rings. The first-order valence-corrected chi connectivity index (χ1v) is 11.6. The number of fused-ring (bicyclic) bond motifs is 1. The van der Waals surface area contributed by atoms with Gasteiger partial charge in [0.05, 0.1) is 19.3 Å². The molecule has 2 aliphatic rings. The van der Waals surface area contributed by atoms with Crippen LogP contribution in [-0.2, 0) is 22.4 Å². The van der Waals surface area contributed by atoms with Gasteiger partial charge in [0, 0.05) is 38.0 Å². The molecule has 0 bridgehead atoms. The molecule has 1 amide bonds. The molecule has 1 saturated heterocycles. The highest BCUT2D eigenvalue weighted by Gasteiger charge is 2.23. The van der Waals surface area contributed by atoms with Crippen LogP contribution in [0.2, 0.25) is 0 Å². The number of carbonyl (C=O) groups is 2. The predicted molar refractivity (Wildman–Crippen MR) is 121 cm³/mol. The molecule has 1 aliphatic carbocycles. The zero-order chi connectivity index (χ0) is 22.3. The molecule has 2 aromatic carbocycles. The van der Waals surface area contributed by atoms with Crippen molar-refractivity contribution in [2.24, 2.45) is 0 Å². The van der Waals surface area contributed by atoms with Crippen molar-refractivity contribution >= 4 is 11.7 Å². The summed E-state index contributed by atoms with van der Waals surface area (Å²) in [5, 5.41) is 2.98. The minimum atomic E-state index is -0.279. The molecular formula is C26H31FN2O3. The molecule has 1 N–H and O–H groups in total. The Morgan fingerprint density at radius 2 is 1.69 bits per heavy atom. The van der Waals surface area contributed by atoms with Gasteiger partial charge in [-0.2, -0.15) is 0 Å². The Morgan fingerprint density at radius 3 is 2.44 bits per heavy atom. The third-order valence-corrected chi connectivity index (χ3v) is 6.48. The maximum atomic E-state index is 13.4. The van der Waals surface area contributed by atoms with Crippen molar-refractivity contribution in [2.45, 2.75) is 44.6 Å². The fraction of sp³-hybridized carbons (Fsp3) is 0.462. The lowest BCUT2D eigenvalue weighted by atomic mass is 9.89. The van der Waals surface area contributed by atoms with Gasteiger partial charge in [0.1, 0.15) is 5.82 Å². The minimum Gasteiger partial charge on any atom is -0.379 e. The van der Waals surface area contributed by atoms with Gasteiger partial charge in [0.25, 0.3) is 0 Å². The Bertz CT molecular complexity index is 939. The molecule has 5 nitrogen and oxygen atoms in total. The summed E-state index contributed by atoms with van der Waals surface area (Å²) in [6.07, 6.45) is 4.86. The molecule has 1 heterocycles. The smallest absolute Gasteiger partial charge is 0.220 e. The number of amides is 1. The van der Waals surface area contributed by atoms with Gasteiger partial charge in [-0.1, -0.05) is 24.3 Å². The third kappa shape index (κ3) is 5.81. The number of nitrogens with one attached hydrogen (secondary N) is 1. The highest BCUT2D eigenvalue weighted by atomic mass is 19.1. The Kier molecular flexibility index (Phi) is 7.66. The summed E-state index contributed by atoms with van der Waals surface area (Å²) >= 11 is 0. The third-order valence-electron chi connectivity index (χ3n) is 6.48. The van der Waals surface area contributed by atoms with Gasteiger partial charge in [-0.15, -0.1) is 0 Å². The van der Waals surface area contributed by atoms with E-state index in [1.165, 1.54) is 36.1 Å². The lowest BCUT2D eigenvalue weighted by molar-refractivity contribution is -0.121. The average Bonchev–Trinajstić information content (AvgIpc) is 2.84. The van der Waals surface area contributed by atoms with E-state index < -0.39 is 0 Å². The molecular weight excluding hydrogens is 407 g/mol. The summed E-state index contributed by atoms with van der Waals surface area (Å²) in [7, 11) is 0. The number of carbonyl (C=O) groups excluding carboxylic acids is 2. The van der Waals surface area contributed by atoms with Crippen molar-refractivity contribution in [3.8, 4) is 0 Å². The number of benzene rings is 2. The Hall–Kier alpha value is -2.57. The maximum Gasteiger partial charge on any atom is 0.220 e. The van der Waals surface area contributed by atoms with Crippen molar-refractivity contribution in [2.75, 3.05) is 32.8 Å². The predicted octanol–water partition coefficient (Wildman–Crippen LogP) is 3.86. The maximum absolute atomic E-state index is 13.4. The monoisotopic (exact) mass is 438 g/mol. The summed E-state index contributed by atoms with van der Waals surface area (Å²) in [4.78, 5) is 27.4. The van der Waals surface area contributed by atoms with E-state index >= 15 is 0 Å². The lowest BCUT2D eigenvalue weighted by Gasteiger charge is -2.35. The van der Waals surface area contributed by atoms with Crippen molar-refractivity contribution in [3.05, 3.63) is 70.5 Å². The second-order valence-corrected chi connectivity index (χ2v) is 8.63. The van der Waals surface area contributed by atoms with Crippen LogP contribution in [0, 0.1) is 5.82 Å². The first kappa shape index (κ1) is 22.6. The Morgan fingerprint density at radius 1 is 0.969 bits per heavy atom. The molecule has 4 rings (SSSR count). The van der Waals surface area contributed by atoms with Crippen molar-refractivity contribution < 1.29 is 18.7 Å². The van der Waals surface area contributed by atoms with Crippen molar-refractivity contribution in [3.63, 3.8) is 0 Å². The van der Waals surface area contributed by atoms with Crippen LogP contribution in [0.3, 0.4) is 0 Å². The first-order valence-electron chi connectivity index (χ1n) is 11.6. The lowest BCUT2D eigenvalue weighted by Crippen LogP contribution is -2.43. The molecule has 2 aromatic rings. The standard InChI is InChI=1S/C26H31FN2O3/c27-23-9-7-20(8-10-23)24(29-13-15-32-16-14-29)18-28-26(31)12-11-25(30)22-6-5-19-3-1-2-4-21(19)17-22/h5-10,17,24H,1-4,11-16,18H2,(H,28,31)/t24-/m0/s1. The van der Waals surface area contributed by atoms with Crippen molar-refractivity contribution in [1.82, 2.24) is 10.2 Å². The molecule has 1 atom stereocenters. The summed E-state index contributed by atoms with van der Waals surface area (Å²) in [5.74, 6) is -0.410. The number of aryl methyl sites for hydroxylation is 2. The van der Waals surface area contributed by atoms with Crippen LogP contribution in [-0.4, -0.2) is 49.4 Å². The van der Waals surface area contributed by atoms with Gasteiger partial charge in [-0.25, -0.2) is 4.39 Å². The number of nitrogens with zero attached hydrogens (tertiary/aromatic N) is 1. The second kappa shape index (κ2) is 10.8. The van der Waals surface area contributed by atoms with E-state index in [1.807, 2.05) is 12.1 Å². The number of Topliss-reactive ketones (excluding diaryl/α,β-unsaturated/α-hetero) is 1. The van der Waals surface area contributed by atoms with Crippen LogP contribution in [0.1, 0.15) is 58.8 Å². The topological polar surface area (TPSA) is 58.6 Å². The van der Waals surface area contributed by atoms with E-state index in [-0.39, 0.29) is 36.4 Å². The normalized spacial score (nSPS) is 17.4. The van der Waals surface area contributed by atoms with Crippen LogP contribution in [0.4, 0.5) is 4.39 Å². The van der Waals surface area contributed by atoms with Crippen LogP contribution in [0.25, 0.3) is 0 Å². The molecule has 0 spiro atoms. The number of rotatable bonds is 8. The van der Waals surface area contributed by atoms with E-state index in [0.717, 1.165) is 31.5 Å². The average molecular weight is 439 g/mol. The summed E-state index contributed by atoms with van der Waals surface area (Å²) in [5.41, 5.74) is 4.29. The number of hydrogen-bond acceptors (Lipinski definition) is 4. The van der Waals surface area contributed by atoms with Gasteiger partial charge in [0.2, 0.25) is 5.91 Å². The number of halogens is 1. The largest absolute Gasteiger partial charge is 0.379 e. The fourth-order valence-electron chi connectivity index (χ4n) is 4.61. The quantitative estimate of drug-likeness (QED) is 0.636. The number of hydrogen-bond donors (Lipinski definition) is 1. The molecule has 1 aliphatic heterocycles. The van der Waals surface area contributed by atoms with Crippen molar-refractivity contribution in [1.29, 1.82) is 0 Å². The minimum absolute atomic E-state index is 0.0109. The zero-order valence-corrected chi connectivity index (χ0v) is 18.4. The SMILES string of the molecule is O=C(CCC(=O)c1ccc2c(c1)CCCC2)NC[C@@H](c1ccc(F)cc1)N1CCOCC1. The molecule has 0 unspecified atom stereocenters. The Labute approximate surface area is 188 Å². The second-order valence-electron chi connectivity index (χ2n) is 8.63. The molecule has 0 aromatic heterocycles. The van der Waals surface area contributed by atoms with E-state index in [1.54, 1.807) is 12.1 Å². The van der Waals surface area contributed by atoms with Gasteiger partial charge < -0.3 is 10.1 Å².